The van der Waals surface area contributed by atoms with Crippen molar-refractivity contribution in [1.82, 2.24) is 14.7 Å². The molecule has 4 aromatic rings. The van der Waals surface area contributed by atoms with Crippen molar-refractivity contribution >= 4 is 17.6 Å². The Morgan fingerprint density at radius 3 is 2.13 bits per heavy atom. The first-order valence-corrected chi connectivity index (χ1v) is 13.1. The lowest BCUT2D eigenvalue weighted by Gasteiger charge is -2.23. The largest absolute Gasteiger partial charge is 0.497 e. The Balaban J connectivity index is 1.60. The van der Waals surface area contributed by atoms with Gasteiger partial charge in [0.15, 0.2) is 0 Å². The maximum Gasteiger partial charge on any atom is 0.254 e. The Labute approximate surface area is 229 Å². The van der Waals surface area contributed by atoms with Gasteiger partial charge in [-0.05, 0) is 30.7 Å². The normalized spacial score (nSPS) is 10.6. The molecule has 0 radical (unpaired) electrons. The maximum atomic E-state index is 13.6. The van der Waals surface area contributed by atoms with Crippen LogP contribution in [0.1, 0.15) is 36.5 Å². The molecular weight excluding hydrogens is 492 g/mol. The van der Waals surface area contributed by atoms with Crippen molar-refractivity contribution in [2.24, 2.45) is 0 Å². The average Bonchev–Trinajstić information content (AvgIpc) is 3.40. The van der Waals surface area contributed by atoms with E-state index in [0.29, 0.717) is 29.4 Å². The molecule has 0 spiro atoms. The van der Waals surface area contributed by atoms with Gasteiger partial charge >= 0.3 is 0 Å². The molecule has 3 aromatic carbocycles. The SMILES string of the molecule is CCCCCN(CC(=O)Nc1cc(-c2ccccc2)nn1-c1ccccc1)C(=O)c1cc(OC)cc(OC)c1. The van der Waals surface area contributed by atoms with Gasteiger partial charge in [0, 0.05) is 29.8 Å². The highest BCUT2D eigenvalue weighted by atomic mass is 16.5. The van der Waals surface area contributed by atoms with E-state index in [2.05, 4.69) is 12.2 Å². The van der Waals surface area contributed by atoms with Crippen LogP contribution in [0.25, 0.3) is 16.9 Å². The first kappa shape index (κ1) is 27.4. The predicted molar refractivity (Wildman–Crippen MR) is 153 cm³/mol. The summed E-state index contributed by atoms with van der Waals surface area (Å²) >= 11 is 0. The quantitative estimate of drug-likeness (QED) is 0.235. The molecule has 0 fully saturated rings. The highest BCUT2D eigenvalue weighted by Gasteiger charge is 2.22. The number of ether oxygens (including phenoxy) is 2. The topological polar surface area (TPSA) is 85.7 Å². The minimum atomic E-state index is -0.314. The third kappa shape index (κ3) is 7.04. The molecule has 1 aromatic heterocycles. The Morgan fingerprint density at radius 2 is 1.51 bits per heavy atom. The van der Waals surface area contributed by atoms with Crippen LogP contribution in [0.15, 0.2) is 84.9 Å². The van der Waals surface area contributed by atoms with Crippen LogP contribution in [0.5, 0.6) is 11.5 Å². The van der Waals surface area contributed by atoms with E-state index in [1.54, 1.807) is 27.8 Å². The summed E-state index contributed by atoms with van der Waals surface area (Å²) in [6.07, 6.45) is 2.74. The van der Waals surface area contributed by atoms with E-state index in [9.17, 15) is 9.59 Å². The van der Waals surface area contributed by atoms with Gasteiger partial charge in [-0.25, -0.2) is 4.68 Å². The fourth-order valence-electron chi connectivity index (χ4n) is 4.26. The summed E-state index contributed by atoms with van der Waals surface area (Å²) in [6, 6.07) is 26.3. The van der Waals surface area contributed by atoms with E-state index in [1.807, 2.05) is 66.7 Å². The number of methoxy groups -OCH3 is 2. The predicted octanol–water partition coefficient (Wildman–Crippen LogP) is 5.83. The summed E-state index contributed by atoms with van der Waals surface area (Å²) in [6.45, 7) is 2.44. The molecular formula is C31H34N4O4. The fraction of sp³-hybridized carbons (Fsp3) is 0.258. The number of hydrogen-bond donors (Lipinski definition) is 1. The van der Waals surface area contributed by atoms with Crippen molar-refractivity contribution in [3.63, 3.8) is 0 Å². The third-order valence-electron chi connectivity index (χ3n) is 6.30. The molecule has 1 heterocycles. The van der Waals surface area contributed by atoms with Gasteiger partial charge in [0.1, 0.15) is 23.9 Å². The third-order valence-corrected chi connectivity index (χ3v) is 6.30. The van der Waals surface area contributed by atoms with Gasteiger partial charge in [-0.2, -0.15) is 5.10 Å². The molecule has 8 nitrogen and oxygen atoms in total. The molecule has 39 heavy (non-hydrogen) atoms. The number of rotatable bonds is 12. The summed E-state index contributed by atoms with van der Waals surface area (Å²) in [5.41, 5.74) is 2.88. The zero-order chi connectivity index (χ0) is 27.6. The molecule has 8 heteroatoms. The number of nitrogens with one attached hydrogen (secondary N) is 1. The van der Waals surface area contributed by atoms with Gasteiger partial charge in [-0.1, -0.05) is 68.3 Å². The van der Waals surface area contributed by atoms with Crippen LogP contribution in [0.2, 0.25) is 0 Å². The minimum Gasteiger partial charge on any atom is -0.497 e. The number of hydrogen-bond acceptors (Lipinski definition) is 5. The highest BCUT2D eigenvalue weighted by Crippen LogP contribution is 2.26. The van der Waals surface area contributed by atoms with E-state index in [-0.39, 0.29) is 18.4 Å². The van der Waals surface area contributed by atoms with Gasteiger partial charge in [0.25, 0.3) is 5.91 Å². The van der Waals surface area contributed by atoms with Crippen molar-refractivity contribution < 1.29 is 19.1 Å². The standard InChI is InChI=1S/C31H34N4O4/c1-4-5-12-17-34(31(37)24-18-26(38-2)20-27(19-24)39-3)22-30(36)32-29-21-28(23-13-8-6-9-14-23)33-35(29)25-15-10-7-11-16-25/h6-11,13-16,18-21H,4-5,12,17,22H2,1-3H3,(H,32,36). The Morgan fingerprint density at radius 1 is 0.872 bits per heavy atom. The molecule has 0 bridgehead atoms. The molecule has 0 aliphatic rings. The minimum absolute atomic E-state index is 0.108. The number of anilines is 1. The fourth-order valence-corrected chi connectivity index (χ4v) is 4.26. The summed E-state index contributed by atoms with van der Waals surface area (Å²) < 4.78 is 12.4. The van der Waals surface area contributed by atoms with Crippen molar-refractivity contribution in [2.75, 3.05) is 32.6 Å². The summed E-state index contributed by atoms with van der Waals surface area (Å²) in [4.78, 5) is 28.5. The lowest BCUT2D eigenvalue weighted by atomic mass is 10.1. The van der Waals surface area contributed by atoms with Gasteiger partial charge < -0.3 is 19.7 Å². The first-order valence-electron chi connectivity index (χ1n) is 13.1. The zero-order valence-corrected chi connectivity index (χ0v) is 22.6. The zero-order valence-electron chi connectivity index (χ0n) is 22.6. The second-order valence-electron chi connectivity index (χ2n) is 9.11. The van der Waals surface area contributed by atoms with Crippen molar-refractivity contribution in [1.29, 1.82) is 0 Å². The van der Waals surface area contributed by atoms with E-state index < -0.39 is 0 Å². The van der Waals surface area contributed by atoms with E-state index in [4.69, 9.17) is 14.6 Å². The monoisotopic (exact) mass is 526 g/mol. The molecule has 202 valence electrons. The first-order chi connectivity index (χ1) is 19.0. The van der Waals surface area contributed by atoms with Crippen molar-refractivity contribution in [3.8, 4) is 28.4 Å². The number of carbonyl (C=O) groups excluding carboxylic acids is 2. The number of amides is 2. The van der Waals surface area contributed by atoms with Crippen LogP contribution >= 0.6 is 0 Å². The number of unbranched alkanes of at least 4 members (excludes halogenated alkanes) is 2. The Kier molecular flexibility index (Phi) is 9.34. The summed E-state index contributed by atoms with van der Waals surface area (Å²) in [5, 5.41) is 7.75. The smallest absolute Gasteiger partial charge is 0.254 e. The van der Waals surface area contributed by atoms with Gasteiger partial charge in [0.2, 0.25) is 5.91 Å². The van der Waals surface area contributed by atoms with Gasteiger partial charge in [-0.3, -0.25) is 9.59 Å². The van der Waals surface area contributed by atoms with Crippen LogP contribution in [-0.4, -0.2) is 53.8 Å². The molecule has 1 N–H and O–H groups in total. The number of carbonyl (C=O) groups is 2. The van der Waals surface area contributed by atoms with E-state index >= 15 is 0 Å². The second kappa shape index (κ2) is 13.3. The molecule has 0 aliphatic carbocycles. The number of benzene rings is 3. The van der Waals surface area contributed by atoms with Gasteiger partial charge in [-0.15, -0.1) is 0 Å². The number of para-hydroxylation sites is 1. The van der Waals surface area contributed by atoms with E-state index in [1.165, 1.54) is 14.2 Å². The number of nitrogens with zero attached hydrogens (tertiary/aromatic N) is 3. The second-order valence-corrected chi connectivity index (χ2v) is 9.11. The molecule has 0 saturated heterocycles. The van der Waals surface area contributed by atoms with Crippen LogP contribution in [0, 0.1) is 0 Å². The lowest BCUT2D eigenvalue weighted by molar-refractivity contribution is -0.117. The molecule has 0 atom stereocenters. The molecule has 0 unspecified atom stereocenters. The Bertz CT molecular complexity index is 1360. The van der Waals surface area contributed by atoms with Crippen molar-refractivity contribution in [2.45, 2.75) is 26.2 Å². The van der Waals surface area contributed by atoms with Crippen LogP contribution in [0.4, 0.5) is 5.82 Å². The van der Waals surface area contributed by atoms with Crippen molar-refractivity contribution in [3.05, 3.63) is 90.5 Å². The number of aromatic nitrogens is 2. The van der Waals surface area contributed by atoms with Crippen LogP contribution in [-0.2, 0) is 4.79 Å². The molecule has 2 amide bonds. The molecule has 0 saturated carbocycles. The highest BCUT2D eigenvalue weighted by molar-refractivity contribution is 6.00. The average molecular weight is 527 g/mol. The molecule has 0 aliphatic heterocycles. The maximum absolute atomic E-state index is 13.6. The summed E-state index contributed by atoms with van der Waals surface area (Å²) in [7, 11) is 3.07. The van der Waals surface area contributed by atoms with Crippen LogP contribution < -0.4 is 14.8 Å². The molecule has 4 rings (SSSR count). The van der Waals surface area contributed by atoms with E-state index in [0.717, 1.165) is 36.2 Å². The summed E-state index contributed by atoms with van der Waals surface area (Å²) in [5.74, 6) is 0.965. The van der Waals surface area contributed by atoms with Crippen LogP contribution in [0.3, 0.4) is 0 Å². The van der Waals surface area contributed by atoms with Gasteiger partial charge in [0.05, 0.1) is 25.6 Å². The lowest BCUT2D eigenvalue weighted by Crippen LogP contribution is -2.39. The Hall–Kier alpha value is -4.59.